The Morgan fingerprint density at radius 1 is 1.08 bits per heavy atom. The van der Waals surface area contributed by atoms with Crippen molar-refractivity contribution >= 4 is 37.9 Å². The monoisotopic (exact) mass is 669 g/mol. The van der Waals surface area contributed by atoms with Gasteiger partial charge in [-0.05, 0) is 37.3 Å². The number of rotatable bonds is 8. The van der Waals surface area contributed by atoms with Crippen LogP contribution in [0.1, 0.15) is 21.5 Å². The molecule has 2 aromatic carbocycles. The molecule has 48 heavy (non-hydrogen) atoms. The summed E-state index contributed by atoms with van der Waals surface area (Å²) in [6.45, 7) is 5.03. The second-order valence-corrected chi connectivity index (χ2v) is 11.9. The molecule has 0 saturated carbocycles. The number of hydrogen-bond acceptors (Lipinski definition) is 9. The molecule has 1 saturated heterocycles. The number of aromatic nitrogens is 3. The third kappa shape index (κ3) is 7.98. The highest BCUT2D eigenvalue weighted by atomic mass is 31.0. The Labute approximate surface area is 279 Å². The van der Waals surface area contributed by atoms with Crippen molar-refractivity contribution < 1.29 is 19.1 Å². The lowest BCUT2D eigenvalue weighted by molar-refractivity contribution is -0.129. The summed E-state index contributed by atoms with van der Waals surface area (Å²) in [4.78, 5) is 60.6. The molecule has 14 heteroatoms. The van der Waals surface area contributed by atoms with E-state index in [9.17, 15) is 19.2 Å². The van der Waals surface area contributed by atoms with Crippen LogP contribution in [0.2, 0.25) is 0 Å². The molecule has 0 radical (unpaired) electrons. The Hall–Kier alpha value is -5.28. The molecule has 2 amide bonds. The summed E-state index contributed by atoms with van der Waals surface area (Å²) in [7, 11) is 5.65. The van der Waals surface area contributed by atoms with Crippen LogP contribution in [0.5, 0.6) is 11.5 Å². The zero-order valence-corrected chi connectivity index (χ0v) is 28.0. The summed E-state index contributed by atoms with van der Waals surface area (Å²) in [6.07, 6.45) is 2.64. The lowest BCUT2D eigenvalue weighted by Crippen LogP contribution is -2.44. The maximum Gasteiger partial charge on any atom is 0.336 e. The molecule has 1 aliphatic rings. The van der Waals surface area contributed by atoms with Crippen molar-refractivity contribution in [2.24, 2.45) is 0 Å². The van der Waals surface area contributed by atoms with E-state index in [1.54, 1.807) is 62.6 Å². The molecular weight excluding hydrogens is 633 g/mol. The van der Waals surface area contributed by atoms with E-state index < -0.39 is 17.2 Å². The molecule has 3 heterocycles. The topological polar surface area (TPSA) is 154 Å². The molecule has 1 atom stereocenters. The molecule has 0 aliphatic carbocycles. The second kappa shape index (κ2) is 15.1. The van der Waals surface area contributed by atoms with E-state index in [-0.39, 0.29) is 29.5 Å². The van der Waals surface area contributed by atoms with Crippen molar-refractivity contribution in [2.45, 2.75) is 13.5 Å². The first-order chi connectivity index (χ1) is 23.0. The largest absolute Gasteiger partial charge is 0.455 e. The average molecular weight is 670 g/mol. The first-order valence-corrected chi connectivity index (χ1v) is 15.7. The van der Waals surface area contributed by atoms with Crippen molar-refractivity contribution in [3.05, 3.63) is 98.5 Å². The lowest BCUT2D eigenvalue weighted by Gasteiger charge is -2.24. The van der Waals surface area contributed by atoms with Crippen LogP contribution < -0.4 is 32.3 Å². The zero-order chi connectivity index (χ0) is 34.4. The number of hydrogen-bond donors (Lipinski definition) is 2. The fourth-order valence-corrected chi connectivity index (χ4v) is 5.12. The first-order valence-electron chi connectivity index (χ1n) is 15.1. The summed E-state index contributed by atoms with van der Waals surface area (Å²) in [5, 5.41) is 3.31. The number of ether oxygens (including phenoxy) is 2. The van der Waals surface area contributed by atoms with Gasteiger partial charge in [0.1, 0.15) is 35.0 Å². The highest BCUT2D eigenvalue weighted by Gasteiger charge is 2.21. The van der Waals surface area contributed by atoms with Crippen molar-refractivity contribution in [3.63, 3.8) is 0 Å². The van der Waals surface area contributed by atoms with Crippen molar-refractivity contribution in [3.8, 4) is 29.0 Å². The Morgan fingerprint density at radius 3 is 2.50 bits per heavy atom. The van der Waals surface area contributed by atoms with Gasteiger partial charge >= 0.3 is 5.69 Å². The van der Waals surface area contributed by atoms with Crippen molar-refractivity contribution in [2.75, 3.05) is 58.0 Å². The highest BCUT2D eigenvalue weighted by Crippen LogP contribution is 2.28. The van der Waals surface area contributed by atoms with Gasteiger partial charge in [-0.2, -0.15) is 0 Å². The Kier molecular flexibility index (Phi) is 10.7. The van der Waals surface area contributed by atoms with E-state index in [4.69, 9.17) is 15.2 Å². The third-order valence-electron chi connectivity index (χ3n) is 7.55. The van der Waals surface area contributed by atoms with Crippen LogP contribution in [0, 0.1) is 18.8 Å². The van der Waals surface area contributed by atoms with Crippen LogP contribution in [0.3, 0.4) is 0 Å². The lowest BCUT2D eigenvalue weighted by atomic mass is 10.2. The Balaban J connectivity index is 1.40. The Morgan fingerprint density at radius 2 is 1.81 bits per heavy atom. The first kappa shape index (κ1) is 34.1. The minimum atomic E-state index is -0.821. The van der Waals surface area contributed by atoms with Gasteiger partial charge in [-0.3, -0.25) is 23.9 Å². The maximum atomic E-state index is 13.6. The van der Waals surface area contributed by atoms with E-state index in [2.05, 4.69) is 36.3 Å². The van der Waals surface area contributed by atoms with Crippen LogP contribution >= 0.6 is 9.24 Å². The average Bonchev–Trinajstić information content (AvgIpc) is 3.06. The van der Waals surface area contributed by atoms with Crippen molar-refractivity contribution in [1.82, 2.24) is 23.9 Å². The maximum absolute atomic E-state index is 13.6. The molecule has 4 aromatic rings. The summed E-state index contributed by atoms with van der Waals surface area (Å²) in [5.41, 5.74) is 6.27. The van der Waals surface area contributed by atoms with Crippen LogP contribution in [0.15, 0.2) is 70.5 Å². The van der Waals surface area contributed by atoms with Crippen LogP contribution in [0.25, 0.3) is 5.69 Å². The van der Waals surface area contributed by atoms with E-state index in [1.807, 2.05) is 6.92 Å². The zero-order valence-electron chi connectivity index (χ0n) is 26.9. The number of anilines is 2. The number of aryl methyl sites for hydroxylation is 1. The summed E-state index contributed by atoms with van der Waals surface area (Å²) in [5.74, 6) is 6.20. The smallest absolute Gasteiger partial charge is 0.336 e. The minimum Gasteiger partial charge on any atom is -0.455 e. The number of likely N-dealkylation sites (N-methyl/N-ethyl adjacent to an activating group) is 1. The fraction of sp³-hybridized carbons (Fsp3) is 0.265. The number of nitrogens with one attached hydrogen (secondary N) is 1. The molecule has 248 valence electrons. The summed E-state index contributed by atoms with van der Waals surface area (Å²) < 4.78 is 13.5. The normalized spacial score (nSPS) is 12.9. The number of nitrogens with zero attached hydrogens (tertiary/aromatic N) is 5. The van der Waals surface area contributed by atoms with Gasteiger partial charge in [0, 0.05) is 56.6 Å². The number of benzene rings is 2. The number of pyridine rings is 1. The SMILES string of the molecule is Cc1ccc(-n2c(=O)c(C(=O)Nc3ccc(Oc4ccnc(N)c4C#CCN4CCOCC4)c(P)c3)cn(CC(=O)N(C)C)c2=O)cc1. The Bertz CT molecular complexity index is 2020. The number of amides is 2. The number of carbonyl (C=O) groups excluding carboxylic acids is 2. The number of morpholine rings is 1. The number of carbonyl (C=O) groups is 2. The van der Waals surface area contributed by atoms with Crippen LogP contribution in [-0.2, 0) is 16.1 Å². The van der Waals surface area contributed by atoms with Gasteiger partial charge in [0.2, 0.25) is 5.91 Å². The quantitative estimate of drug-likeness (QED) is 0.210. The van der Waals surface area contributed by atoms with Gasteiger partial charge < -0.3 is 25.4 Å². The number of nitrogen functional groups attached to an aromatic ring is 1. The number of nitrogens with two attached hydrogens (primary N) is 1. The summed E-state index contributed by atoms with van der Waals surface area (Å²) in [6, 6.07) is 13.3. The molecule has 0 bridgehead atoms. The third-order valence-corrected chi connectivity index (χ3v) is 8.00. The highest BCUT2D eigenvalue weighted by molar-refractivity contribution is 7.27. The van der Waals surface area contributed by atoms with E-state index in [1.165, 1.54) is 11.1 Å². The van der Waals surface area contributed by atoms with E-state index >= 15 is 0 Å². The molecular formula is C34H36N7O6P. The van der Waals surface area contributed by atoms with Gasteiger partial charge in [0.15, 0.2) is 0 Å². The molecule has 0 spiro atoms. The van der Waals surface area contributed by atoms with E-state index in [0.29, 0.717) is 47.8 Å². The predicted molar refractivity (Wildman–Crippen MR) is 186 cm³/mol. The molecule has 2 aromatic heterocycles. The van der Waals surface area contributed by atoms with Gasteiger partial charge in [0.05, 0.1) is 25.4 Å². The van der Waals surface area contributed by atoms with Crippen LogP contribution in [0.4, 0.5) is 11.5 Å². The molecule has 1 fully saturated rings. The summed E-state index contributed by atoms with van der Waals surface area (Å²) >= 11 is 0. The van der Waals surface area contributed by atoms with Crippen molar-refractivity contribution in [1.29, 1.82) is 0 Å². The van der Waals surface area contributed by atoms with Gasteiger partial charge in [0.25, 0.3) is 11.5 Å². The molecule has 1 unspecified atom stereocenters. The predicted octanol–water partition coefficient (Wildman–Crippen LogP) is 1.60. The van der Waals surface area contributed by atoms with Gasteiger partial charge in [-0.25, -0.2) is 14.3 Å². The van der Waals surface area contributed by atoms with E-state index in [0.717, 1.165) is 34.0 Å². The van der Waals surface area contributed by atoms with Gasteiger partial charge in [-0.1, -0.05) is 29.5 Å². The molecule has 5 rings (SSSR count). The van der Waals surface area contributed by atoms with Gasteiger partial charge in [-0.15, -0.1) is 9.24 Å². The van der Waals surface area contributed by atoms with Crippen LogP contribution in [-0.4, -0.2) is 82.7 Å². The standard InChI is InChI=1S/C34H36N7O6P/c1-22-6-9-24(10-7-22)41-33(44)26(20-40(34(41)45)21-30(42)38(2)3)32(43)37-23-8-11-28(29(48)19-23)47-27-12-13-36-31(35)25(27)5-4-14-39-15-17-46-18-16-39/h6-13,19-20H,14-18,21,48H2,1-3H3,(H2,35,36)(H,37,43). The second-order valence-electron chi connectivity index (χ2n) is 11.3. The fourth-order valence-electron chi connectivity index (χ4n) is 4.78. The molecule has 3 N–H and O–H groups in total. The minimum absolute atomic E-state index is 0.237. The molecule has 1 aliphatic heterocycles. The molecule has 13 nitrogen and oxygen atoms in total.